The number of hydrogen-bond donors (Lipinski definition) is 1. The van der Waals surface area contributed by atoms with Crippen molar-refractivity contribution in [3.63, 3.8) is 0 Å². The summed E-state index contributed by atoms with van der Waals surface area (Å²) in [6.07, 6.45) is -0.867. The number of carbonyl (C=O) groups excluding carboxylic acids is 3. The molecule has 0 fully saturated rings. The van der Waals surface area contributed by atoms with Gasteiger partial charge in [-0.25, -0.2) is 9.59 Å². The van der Waals surface area contributed by atoms with Crippen molar-refractivity contribution in [2.24, 2.45) is 0 Å². The van der Waals surface area contributed by atoms with E-state index in [2.05, 4.69) is 36.8 Å². The van der Waals surface area contributed by atoms with E-state index in [4.69, 9.17) is 4.74 Å². The third-order valence-corrected chi connectivity index (χ3v) is 4.99. The summed E-state index contributed by atoms with van der Waals surface area (Å²) in [5, 5.41) is 1.97. The van der Waals surface area contributed by atoms with E-state index in [9.17, 15) is 14.4 Å². The molecule has 0 spiro atoms. The first kappa shape index (κ1) is 21.5. The van der Waals surface area contributed by atoms with Gasteiger partial charge in [-0.1, -0.05) is 29.8 Å². The first-order valence-corrected chi connectivity index (χ1v) is 9.80. The van der Waals surface area contributed by atoms with Crippen molar-refractivity contribution < 1.29 is 23.9 Å². The summed E-state index contributed by atoms with van der Waals surface area (Å²) in [5.74, 6) is -0.667. The number of thioether (sulfide) groups is 1. The molecule has 0 aliphatic rings. The standard InChI is InChI=1S/C21H23NO5S/c1-4-26-21(25)22-19(23)12-27-20(24)17-7-5-6-16(11-17)13-28-18-9-8-14(2)10-15(18)3/h5-11H,4,12-13H2,1-3H3,(H,22,23,25). The molecule has 0 heterocycles. The number of esters is 1. The minimum Gasteiger partial charge on any atom is -0.452 e. The molecule has 28 heavy (non-hydrogen) atoms. The predicted molar refractivity (Wildman–Crippen MR) is 107 cm³/mol. The number of hydrogen-bond acceptors (Lipinski definition) is 6. The molecular formula is C21H23NO5S. The highest BCUT2D eigenvalue weighted by molar-refractivity contribution is 7.98. The lowest BCUT2D eigenvalue weighted by atomic mass is 10.1. The zero-order chi connectivity index (χ0) is 20.5. The van der Waals surface area contributed by atoms with Crippen LogP contribution in [-0.2, 0) is 20.0 Å². The summed E-state index contributed by atoms with van der Waals surface area (Å²) in [6.45, 7) is 5.34. The van der Waals surface area contributed by atoms with Crippen LogP contribution in [-0.4, -0.2) is 31.2 Å². The molecular weight excluding hydrogens is 378 g/mol. The van der Waals surface area contributed by atoms with E-state index in [-0.39, 0.29) is 6.61 Å². The summed E-state index contributed by atoms with van der Waals surface area (Å²) in [6, 6.07) is 13.4. The lowest BCUT2D eigenvalue weighted by molar-refractivity contribution is -0.123. The number of amides is 2. The van der Waals surface area contributed by atoms with Crippen LogP contribution in [0.15, 0.2) is 47.4 Å². The lowest BCUT2D eigenvalue weighted by Crippen LogP contribution is -2.34. The van der Waals surface area contributed by atoms with Crippen molar-refractivity contribution in [2.45, 2.75) is 31.4 Å². The van der Waals surface area contributed by atoms with Crippen LogP contribution in [0.3, 0.4) is 0 Å². The summed E-state index contributed by atoms with van der Waals surface area (Å²) in [5.41, 5.74) is 3.75. The van der Waals surface area contributed by atoms with Gasteiger partial charge in [0.05, 0.1) is 12.2 Å². The third-order valence-electron chi connectivity index (χ3n) is 3.74. The summed E-state index contributed by atoms with van der Waals surface area (Å²) in [7, 11) is 0. The Morgan fingerprint density at radius 2 is 1.82 bits per heavy atom. The highest BCUT2D eigenvalue weighted by Gasteiger charge is 2.13. The average molecular weight is 401 g/mol. The Morgan fingerprint density at radius 3 is 2.54 bits per heavy atom. The smallest absolute Gasteiger partial charge is 0.413 e. The molecule has 0 radical (unpaired) electrons. The number of rotatable bonds is 7. The van der Waals surface area contributed by atoms with Crippen molar-refractivity contribution in [1.29, 1.82) is 0 Å². The molecule has 0 aromatic heterocycles. The fourth-order valence-electron chi connectivity index (χ4n) is 2.44. The van der Waals surface area contributed by atoms with Crippen molar-refractivity contribution in [2.75, 3.05) is 13.2 Å². The molecule has 0 aliphatic heterocycles. The van der Waals surface area contributed by atoms with Gasteiger partial charge >= 0.3 is 12.1 Å². The quantitative estimate of drug-likeness (QED) is 0.557. The molecule has 2 rings (SSSR count). The molecule has 0 atom stereocenters. The van der Waals surface area contributed by atoms with Gasteiger partial charge in [-0.3, -0.25) is 10.1 Å². The fraction of sp³-hybridized carbons (Fsp3) is 0.286. The Hall–Kier alpha value is -2.80. The van der Waals surface area contributed by atoms with Gasteiger partial charge in [0.1, 0.15) is 0 Å². The average Bonchev–Trinajstić information content (AvgIpc) is 2.66. The van der Waals surface area contributed by atoms with Crippen LogP contribution in [0.1, 0.15) is 34.0 Å². The number of benzene rings is 2. The Morgan fingerprint density at radius 1 is 1.04 bits per heavy atom. The predicted octanol–water partition coefficient (Wildman–Crippen LogP) is 4.03. The minimum absolute atomic E-state index is 0.145. The zero-order valence-electron chi connectivity index (χ0n) is 16.1. The van der Waals surface area contributed by atoms with Crippen LogP contribution in [0.5, 0.6) is 0 Å². The van der Waals surface area contributed by atoms with Gasteiger partial charge in [0.15, 0.2) is 6.61 Å². The highest BCUT2D eigenvalue weighted by atomic mass is 32.2. The SMILES string of the molecule is CCOC(=O)NC(=O)COC(=O)c1cccc(CSc2ccc(C)cc2C)c1. The first-order chi connectivity index (χ1) is 13.4. The Balaban J connectivity index is 1.90. The Kier molecular flexibility index (Phi) is 8.07. The monoisotopic (exact) mass is 401 g/mol. The molecule has 2 amide bonds. The molecule has 1 N–H and O–H groups in total. The van der Waals surface area contributed by atoms with Crippen LogP contribution in [0.4, 0.5) is 4.79 Å². The maximum absolute atomic E-state index is 12.2. The second-order valence-corrected chi connectivity index (χ2v) is 7.12. The molecule has 0 saturated carbocycles. The molecule has 2 aromatic carbocycles. The third kappa shape index (κ3) is 6.74. The molecule has 0 bridgehead atoms. The number of aryl methyl sites for hydroxylation is 2. The van der Waals surface area contributed by atoms with Crippen LogP contribution in [0, 0.1) is 13.8 Å². The number of nitrogens with one attached hydrogen (secondary N) is 1. The van der Waals surface area contributed by atoms with E-state index in [1.54, 1.807) is 36.9 Å². The van der Waals surface area contributed by atoms with Crippen LogP contribution in [0.2, 0.25) is 0 Å². The lowest BCUT2D eigenvalue weighted by Gasteiger charge is -2.08. The molecule has 0 aliphatic carbocycles. The van der Waals surface area contributed by atoms with Gasteiger partial charge in [-0.15, -0.1) is 11.8 Å². The van der Waals surface area contributed by atoms with Gasteiger partial charge in [0.25, 0.3) is 5.91 Å². The van der Waals surface area contributed by atoms with Gasteiger partial charge in [0.2, 0.25) is 0 Å². The van der Waals surface area contributed by atoms with E-state index in [0.717, 1.165) is 5.56 Å². The van der Waals surface area contributed by atoms with Gasteiger partial charge in [-0.2, -0.15) is 0 Å². The zero-order valence-corrected chi connectivity index (χ0v) is 16.9. The van der Waals surface area contributed by atoms with Gasteiger partial charge < -0.3 is 9.47 Å². The largest absolute Gasteiger partial charge is 0.452 e. The van der Waals surface area contributed by atoms with E-state index in [0.29, 0.717) is 11.3 Å². The molecule has 7 heteroatoms. The minimum atomic E-state index is -0.867. The van der Waals surface area contributed by atoms with Crippen molar-refractivity contribution in [3.05, 3.63) is 64.7 Å². The molecule has 0 saturated heterocycles. The highest BCUT2D eigenvalue weighted by Crippen LogP contribution is 2.27. The summed E-state index contributed by atoms with van der Waals surface area (Å²) < 4.78 is 9.54. The Bertz CT molecular complexity index is 866. The van der Waals surface area contributed by atoms with Crippen molar-refractivity contribution in [1.82, 2.24) is 5.32 Å². The molecule has 0 unspecified atom stereocenters. The maximum Gasteiger partial charge on any atom is 0.413 e. The second-order valence-electron chi connectivity index (χ2n) is 6.10. The molecule has 6 nitrogen and oxygen atoms in total. The van der Waals surface area contributed by atoms with E-state index in [1.807, 2.05) is 11.4 Å². The van der Waals surface area contributed by atoms with Gasteiger partial charge in [0, 0.05) is 10.6 Å². The first-order valence-electron chi connectivity index (χ1n) is 8.81. The Labute approximate surface area is 168 Å². The molecule has 2 aromatic rings. The maximum atomic E-state index is 12.2. The van der Waals surface area contributed by atoms with E-state index in [1.165, 1.54) is 16.0 Å². The normalized spacial score (nSPS) is 10.2. The van der Waals surface area contributed by atoms with Crippen LogP contribution < -0.4 is 5.32 Å². The number of carbonyl (C=O) groups is 3. The summed E-state index contributed by atoms with van der Waals surface area (Å²) >= 11 is 1.69. The van der Waals surface area contributed by atoms with Gasteiger partial charge in [-0.05, 0) is 50.1 Å². The number of ether oxygens (including phenoxy) is 2. The second kappa shape index (κ2) is 10.5. The topological polar surface area (TPSA) is 81.7 Å². The van der Waals surface area contributed by atoms with Crippen molar-refractivity contribution in [3.8, 4) is 0 Å². The van der Waals surface area contributed by atoms with Crippen molar-refractivity contribution >= 4 is 29.7 Å². The number of imide groups is 1. The summed E-state index contributed by atoms with van der Waals surface area (Å²) in [4.78, 5) is 36.0. The van der Waals surface area contributed by atoms with Crippen LogP contribution in [0.25, 0.3) is 0 Å². The van der Waals surface area contributed by atoms with E-state index >= 15 is 0 Å². The number of alkyl carbamates (subject to hydrolysis) is 1. The fourth-order valence-corrected chi connectivity index (χ4v) is 3.39. The van der Waals surface area contributed by atoms with Crippen LogP contribution >= 0.6 is 11.8 Å². The molecule has 148 valence electrons. The van der Waals surface area contributed by atoms with E-state index < -0.39 is 24.6 Å².